The predicted molar refractivity (Wildman–Crippen MR) is 101 cm³/mol. The van der Waals surface area contributed by atoms with Crippen LogP contribution in [0.1, 0.15) is 6.92 Å². The van der Waals surface area contributed by atoms with Crippen molar-refractivity contribution in [2.24, 2.45) is 0 Å². The summed E-state index contributed by atoms with van der Waals surface area (Å²) in [6.45, 7) is 4.45. The summed E-state index contributed by atoms with van der Waals surface area (Å²) in [5.74, 6) is 0.651. The van der Waals surface area contributed by atoms with E-state index in [0.29, 0.717) is 24.6 Å². The lowest BCUT2D eigenvalue weighted by molar-refractivity contribution is -0.115. The first kappa shape index (κ1) is 17.9. The van der Waals surface area contributed by atoms with Crippen molar-refractivity contribution >= 4 is 35.4 Å². The van der Waals surface area contributed by atoms with Gasteiger partial charge in [0.25, 0.3) is 0 Å². The molecule has 128 valence electrons. The van der Waals surface area contributed by atoms with Gasteiger partial charge in [-0.2, -0.15) is 0 Å². The Hall–Kier alpha value is -2.40. The third-order valence-corrected chi connectivity index (χ3v) is 3.74. The minimum Gasteiger partial charge on any atom is -0.492 e. The van der Waals surface area contributed by atoms with E-state index in [0.717, 1.165) is 24.5 Å². The van der Waals surface area contributed by atoms with E-state index in [9.17, 15) is 4.79 Å². The Balaban J connectivity index is 0.00000208. The fourth-order valence-electron chi connectivity index (χ4n) is 2.72. The molecule has 1 aliphatic heterocycles. The zero-order chi connectivity index (χ0) is 16.1. The van der Waals surface area contributed by atoms with Gasteiger partial charge in [-0.1, -0.05) is 24.3 Å². The van der Waals surface area contributed by atoms with Crippen molar-refractivity contribution in [1.82, 2.24) is 0 Å². The molecule has 5 nitrogen and oxygen atoms in total. The van der Waals surface area contributed by atoms with Crippen LogP contribution in [0.3, 0.4) is 0 Å². The molecular weight excluding hydrogens is 326 g/mol. The van der Waals surface area contributed by atoms with Crippen LogP contribution in [0.4, 0.5) is 17.1 Å². The molecule has 2 N–H and O–H groups in total. The van der Waals surface area contributed by atoms with E-state index in [2.05, 4.69) is 15.5 Å². The monoisotopic (exact) mass is 347 g/mol. The first-order valence-corrected chi connectivity index (χ1v) is 7.87. The molecule has 3 rings (SSSR count). The zero-order valence-corrected chi connectivity index (χ0v) is 14.4. The quantitative estimate of drug-likeness (QED) is 0.870. The van der Waals surface area contributed by atoms with Gasteiger partial charge in [0.15, 0.2) is 0 Å². The molecule has 0 aromatic heterocycles. The Morgan fingerprint density at radius 1 is 1.21 bits per heavy atom. The number of hydrogen-bond donors (Lipinski definition) is 2. The highest BCUT2D eigenvalue weighted by molar-refractivity contribution is 5.96. The third-order valence-electron chi connectivity index (χ3n) is 3.74. The number of nitrogens with one attached hydrogen (secondary N) is 2. The van der Waals surface area contributed by atoms with Gasteiger partial charge < -0.3 is 20.3 Å². The Labute approximate surface area is 148 Å². The topological polar surface area (TPSA) is 53.6 Å². The molecule has 0 atom stereocenters. The smallest absolute Gasteiger partial charge is 0.243 e. The Morgan fingerprint density at radius 2 is 1.96 bits per heavy atom. The molecule has 0 unspecified atom stereocenters. The molecule has 0 saturated carbocycles. The van der Waals surface area contributed by atoms with E-state index in [1.807, 2.05) is 55.5 Å². The Morgan fingerprint density at radius 3 is 2.79 bits per heavy atom. The van der Waals surface area contributed by atoms with Gasteiger partial charge in [0.05, 0.1) is 30.2 Å². The highest BCUT2D eigenvalue weighted by Crippen LogP contribution is 2.28. The molecule has 2 aromatic carbocycles. The maximum Gasteiger partial charge on any atom is 0.243 e. The van der Waals surface area contributed by atoms with Gasteiger partial charge in [0.2, 0.25) is 5.91 Å². The van der Waals surface area contributed by atoms with Gasteiger partial charge in [0.1, 0.15) is 5.75 Å². The number of fused-ring (bicyclic) bond motifs is 1. The number of rotatable bonds is 5. The van der Waals surface area contributed by atoms with Gasteiger partial charge >= 0.3 is 0 Å². The summed E-state index contributed by atoms with van der Waals surface area (Å²) < 4.78 is 5.55. The molecule has 0 spiro atoms. The molecule has 0 fully saturated rings. The van der Waals surface area contributed by atoms with E-state index >= 15 is 0 Å². The van der Waals surface area contributed by atoms with Crippen LogP contribution in [0.5, 0.6) is 5.75 Å². The third kappa shape index (κ3) is 4.11. The number of anilines is 3. The first-order valence-electron chi connectivity index (χ1n) is 7.87. The second-order valence-electron chi connectivity index (χ2n) is 5.34. The zero-order valence-electron chi connectivity index (χ0n) is 13.6. The van der Waals surface area contributed by atoms with Crippen LogP contribution >= 0.6 is 12.4 Å². The number of hydrogen-bond acceptors (Lipinski definition) is 4. The highest BCUT2D eigenvalue weighted by Gasteiger charge is 2.18. The normalized spacial score (nSPS) is 12.5. The van der Waals surface area contributed by atoms with Crippen LogP contribution in [0.25, 0.3) is 0 Å². The molecule has 1 aliphatic rings. The van der Waals surface area contributed by atoms with Crippen LogP contribution in [-0.2, 0) is 4.79 Å². The summed E-state index contributed by atoms with van der Waals surface area (Å²) >= 11 is 0. The van der Waals surface area contributed by atoms with Gasteiger partial charge in [-0.3, -0.25) is 4.79 Å². The molecule has 0 radical (unpaired) electrons. The van der Waals surface area contributed by atoms with Gasteiger partial charge in [0, 0.05) is 13.1 Å². The van der Waals surface area contributed by atoms with E-state index in [4.69, 9.17) is 4.74 Å². The molecule has 0 aliphatic carbocycles. The molecule has 0 bridgehead atoms. The number of para-hydroxylation sites is 4. The molecule has 6 heteroatoms. The lowest BCUT2D eigenvalue weighted by Crippen LogP contribution is -2.39. The summed E-state index contributed by atoms with van der Waals surface area (Å²) in [6, 6.07) is 15.5. The van der Waals surface area contributed by atoms with E-state index in [1.165, 1.54) is 0 Å². The SMILES string of the molecule is CCOc1ccccc1NC(=O)CN1CCNc2ccccc21.Cl. The molecule has 2 aromatic rings. The van der Waals surface area contributed by atoms with Crippen molar-refractivity contribution in [3.8, 4) is 5.75 Å². The average Bonchev–Trinajstić information content (AvgIpc) is 2.57. The summed E-state index contributed by atoms with van der Waals surface area (Å²) in [5, 5.41) is 6.30. The molecule has 0 saturated heterocycles. The van der Waals surface area contributed by atoms with Crippen molar-refractivity contribution < 1.29 is 9.53 Å². The molecular formula is C18H22ClN3O2. The largest absolute Gasteiger partial charge is 0.492 e. The van der Waals surface area contributed by atoms with Crippen LogP contribution in [-0.4, -0.2) is 32.1 Å². The van der Waals surface area contributed by atoms with Crippen molar-refractivity contribution in [2.75, 3.05) is 41.8 Å². The number of ether oxygens (including phenoxy) is 1. The maximum absolute atomic E-state index is 12.4. The average molecular weight is 348 g/mol. The van der Waals surface area contributed by atoms with Crippen molar-refractivity contribution in [2.45, 2.75) is 6.92 Å². The van der Waals surface area contributed by atoms with Crippen LogP contribution < -0.4 is 20.3 Å². The second kappa shape index (κ2) is 8.45. The molecule has 1 amide bonds. The van der Waals surface area contributed by atoms with Crippen molar-refractivity contribution in [3.05, 3.63) is 48.5 Å². The number of halogens is 1. The minimum atomic E-state index is -0.0474. The van der Waals surface area contributed by atoms with E-state index < -0.39 is 0 Å². The standard InChI is InChI=1S/C18H21N3O2.ClH/c1-2-23-17-10-6-4-8-15(17)20-18(22)13-21-12-11-19-14-7-3-5-9-16(14)21;/h3-10,19H,2,11-13H2,1H3,(H,20,22);1H. The van der Waals surface area contributed by atoms with E-state index in [1.54, 1.807) is 0 Å². The van der Waals surface area contributed by atoms with Crippen LogP contribution in [0.2, 0.25) is 0 Å². The lowest BCUT2D eigenvalue weighted by Gasteiger charge is -2.31. The second-order valence-corrected chi connectivity index (χ2v) is 5.34. The summed E-state index contributed by atoms with van der Waals surface area (Å²) in [7, 11) is 0. The molecule has 24 heavy (non-hydrogen) atoms. The molecule has 1 heterocycles. The van der Waals surface area contributed by atoms with Crippen molar-refractivity contribution in [3.63, 3.8) is 0 Å². The number of nitrogens with zero attached hydrogens (tertiary/aromatic N) is 1. The number of carbonyl (C=O) groups excluding carboxylic acids is 1. The minimum absolute atomic E-state index is 0. The summed E-state index contributed by atoms with van der Waals surface area (Å²) in [6.07, 6.45) is 0. The van der Waals surface area contributed by atoms with Gasteiger partial charge in [-0.05, 0) is 31.2 Å². The highest BCUT2D eigenvalue weighted by atomic mass is 35.5. The number of benzene rings is 2. The lowest BCUT2D eigenvalue weighted by atomic mass is 10.2. The predicted octanol–water partition coefficient (Wildman–Crippen LogP) is 3.38. The van der Waals surface area contributed by atoms with Crippen LogP contribution in [0, 0.1) is 0 Å². The first-order chi connectivity index (χ1) is 11.3. The van der Waals surface area contributed by atoms with E-state index in [-0.39, 0.29) is 18.3 Å². The van der Waals surface area contributed by atoms with Gasteiger partial charge in [-0.15, -0.1) is 12.4 Å². The number of carbonyl (C=O) groups is 1. The van der Waals surface area contributed by atoms with Crippen LogP contribution in [0.15, 0.2) is 48.5 Å². The Bertz CT molecular complexity index is 693. The maximum atomic E-state index is 12.4. The summed E-state index contributed by atoms with van der Waals surface area (Å²) in [5.41, 5.74) is 2.84. The summed E-state index contributed by atoms with van der Waals surface area (Å²) in [4.78, 5) is 14.5. The fraction of sp³-hybridized carbons (Fsp3) is 0.278. The van der Waals surface area contributed by atoms with Gasteiger partial charge in [-0.25, -0.2) is 0 Å². The van der Waals surface area contributed by atoms with Crippen molar-refractivity contribution in [1.29, 1.82) is 0 Å². The number of amides is 1. The Kier molecular flexibility index (Phi) is 6.32. The fourth-order valence-corrected chi connectivity index (χ4v) is 2.72.